The molecule has 0 N–H and O–H groups in total. The van der Waals surface area contributed by atoms with Crippen LogP contribution in [0.5, 0.6) is 0 Å². The lowest BCUT2D eigenvalue weighted by Gasteiger charge is -2.27. The molecule has 7 heteroatoms. The Labute approximate surface area is 152 Å². The Bertz CT molecular complexity index is 729. The summed E-state index contributed by atoms with van der Waals surface area (Å²) in [6, 6.07) is 1.73. The average molecular weight is 359 g/mol. The minimum Gasteiger partial charge on any atom is -0.364 e. The largest absolute Gasteiger partial charge is 0.364 e. The Morgan fingerprint density at radius 3 is 3.00 bits per heavy atom. The van der Waals surface area contributed by atoms with Crippen LogP contribution in [0.15, 0.2) is 29.0 Å². The highest BCUT2D eigenvalue weighted by molar-refractivity contribution is 5.92. The van der Waals surface area contributed by atoms with E-state index in [0.717, 1.165) is 6.42 Å². The molecule has 2 saturated heterocycles. The van der Waals surface area contributed by atoms with E-state index in [0.29, 0.717) is 31.2 Å². The van der Waals surface area contributed by atoms with Crippen molar-refractivity contribution < 1.29 is 18.8 Å². The predicted molar refractivity (Wildman–Crippen MR) is 92.7 cm³/mol. The minimum atomic E-state index is -0.631. The first kappa shape index (κ1) is 17.3. The molecule has 1 spiro atoms. The summed E-state index contributed by atoms with van der Waals surface area (Å²) in [5.41, 5.74) is 0.0554. The zero-order valence-corrected chi connectivity index (χ0v) is 15.4. The number of aromatic nitrogens is 1. The van der Waals surface area contributed by atoms with Gasteiger partial charge in [0.25, 0.3) is 0 Å². The van der Waals surface area contributed by atoms with Crippen LogP contribution < -0.4 is 0 Å². The SMILES string of the molecule is CC(C)CCN1C[C@]23C=C[C@H](O2)[C@H](C(=O)N(C)Cc2ccon2)[C@@H]3C1=O. The summed E-state index contributed by atoms with van der Waals surface area (Å²) in [6.45, 7) is 5.91. The van der Waals surface area contributed by atoms with E-state index in [-0.39, 0.29) is 17.9 Å². The third kappa shape index (κ3) is 2.65. The van der Waals surface area contributed by atoms with Crippen molar-refractivity contribution in [3.63, 3.8) is 0 Å². The summed E-state index contributed by atoms with van der Waals surface area (Å²) in [5.74, 6) is -0.385. The number of carbonyl (C=O) groups excluding carboxylic acids is 2. The molecular weight excluding hydrogens is 334 g/mol. The fourth-order valence-electron chi connectivity index (χ4n) is 4.36. The van der Waals surface area contributed by atoms with E-state index in [2.05, 4.69) is 19.0 Å². The lowest BCUT2D eigenvalue weighted by Crippen LogP contribution is -2.44. The Hall–Kier alpha value is -2.15. The van der Waals surface area contributed by atoms with E-state index in [9.17, 15) is 9.59 Å². The first-order chi connectivity index (χ1) is 12.4. The van der Waals surface area contributed by atoms with Crippen molar-refractivity contribution in [2.75, 3.05) is 20.1 Å². The number of hydrogen-bond acceptors (Lipinski definition) is 5. The predicted octanol–water partition coefficient (Wildman–Crippen LogP) is 1.46. The maximum Gasteiger partial charge on any atom is 0.230 e. The lowest BCUT2D eigenvalue weighted by atomic mass is 9.76. The molecule has 1 aromatic rings. The molecule has 2 bridgehead atoms. The van der Waals surface area contributed by atoms with Crippen LogP contribution in [0.3, 0.4) is 0 Å². The topological polar surface area (TPSA) is 75.9 Å². The monoisotopic (exact) mass is 359 g/mol. The van der Waals surface area contributed by atoms with Gasteiger partial charge in [-0.15, -0.1) is 0 Å². The van der Waals surface area contributed by atoms with Crippen LogP contribution in [0, 0.1) is 17.8 Å². The maximum absolute atomic E-state index is 13.1. The van der Waals surface area contributed by atoms with Crippen molar-refractivity contribution >= 4 is 11.8 Å². The van der Waals surface area contributed by atoms with Gasteiger partial charge >= 0.3 is 0 Å². The first-order valence-corrected chi connectivity index (χ1v) is 9.21. The highest BCUT2D eigenvalue weighted by Gasteiger charge is 2.66. The van der Waals surface area contributed by atoms with E-state index in [1.54, 1.807) is 18.0 Å². The summed E-state index contributed by atoms with van der Waals surface area (Å²) in [5, 5.41) is 3.86. The smallest absolute Gasteiger partial charge is 0.230 e. The fraction of sp³-hybridized carbons (Fsp3) is 0.632. The third-order valence-corrected chi connectivity index (χ3v) is 5.71. The number of carbonyl (C=O) groups is 2. The van der Waals surface area contributed by atoms with Crippen LogP contribution in [0.4, 0.5) is 0 Å². The summed E-state index contributed by atoms with van der Waals surface area (Å²) < 4.78 is 11.0. The molecule has 0 radical (unpaired) electrons. The second kappa shape index (κ2) is 6.23. The number of nitrogens with zero attached hydrogens (tertiary/aromatic N) is 3. The van der Waals surface area contributed by atoms with Crippen LogP contribution in [0.2, 0.25) is 0 Å². The molecule has 0 aliphatic carbocycles. The first-order valence-electron chi connectivity index (χ1n) is 9.21. The summed E-state index contributed by atoms with van der Waals surface area (Å²) in [6.07, 6.45) is 6.06. The van der Waals surface area contributed by atoms with Gasteiger partial charge in [-0.05, 0) is 12.3 Å². The summed E-state index contributed by atoms with van der Waals surface area (Å²) in [4.78, 5) is 29.6. The molecule has 4 rings (SSSR count). The molecule has 7 nitrogen and oxygen atoms in total. The van der Waals surface area contributed by atoms with Crippen molar-refractivity contribution in [1.82, 2.24) is 15.0 Å². The molecule has 26 heavy (non-hydrogen) atoms. The van der Waals surface area contributed by atoms with Gasteiger partial charge in [-0.1, -0.05) is 31.2 Å². The fourth-order valence-corrected chi connectivity index (χ4v) is 4.36. The Morgan fingerprint density at radius 2 is 2.31 bits per heavy atom. The highest BCUT2D eigenvalue weighted by Crippen LogP contribution is 2.52. The van der Waals surface area contributed by atoms with Crippen LogP contribution in [-0.2, 0) is 20.9 Å². The van der Waals surface area contributed by atoms with E-state index >= 15 is 0 Å². The Balaban J connectivity index is 1.52. The number of amides is 2. The summed E-state index contributed by atoms with van der Waals surface area (Å²) in [7, 11) is 1.73. The van der Waals surface area contributed by atoms with Gasteiger partial charge in [0.2, 0.25) is 11.8 Å². The summed E-state index contributed by atoms with van der Waals surface area (Å²) >= 11 is 0. The quantitative estimate of drug-likeness (QED) is 0.719. The molecule has 3 aliphatic heterocycles. The Morgan fingerprint density at radius 1 is 1.50 bits per heavy atom. The normalized spacial score (nSPS) is 31.9. The zero-order chi connectivity index (χ0) is 18.5. The maximum atomic E-state index is 13.1. The number of likely N-dealkylation sites (tertiary alicyclic amines) is 1. The number of ether oxygens (including phenoxy) is 1. The number of rotatable bonds is 6. The van der Waals surface area contributed by atoms with Crippen LogP contribution in [-0.4, -0.2) is 58.6 Å². The van der Waals surface area contributed by atoms with Gasteiger partial charge in [-0.3, -0.25) is 9.59 Å². The van der Waals surface area contributed by atoms with E-state index in [1.165, 1.54) is 6.26 Å². The van der Waals surface area contributed by atoms with Gasteiger partial charge in [-0.25, -0.2) is 0 Å². The minimum absolute atomic E-state index is 0.0469. The van der Waals surface area contributed by atoms with Crippen molar-refractivity contribution in [3.05, 3.63) is 30.2 Å². The van der Waals surface area contributed by atoms with E-state index < -0.39 is 17.4 Å². The van der Waals surface area contributed by atoms with E-state index in [1.807, 2.05) is 17.1 Å². The molecule has 3 aliphatic rings. The van der Waals surface area contributed by atoms with Crippen molar-refractivity contribution in [2.24, 2.45) is 17.8 Å². The molecule has 0 aromatic carbocycles. The molecule has 4 atom stereocenters. The van der Waals surface area contributed by atoms with Crippen LogP contribution >= 0.6 is 0 Å². The van der Waals surface area contributed by atoms with Gasteiger partial charge in [0.05, 0.1) is 31.0 Å². The van der Waals surface area contributed by atoms with Crippen LogP contribution in [0.25, 0.3) is 0 Å². The average Bonchev–Trinajstić information content (AvgIpc) is 3.35. The van der Waals surface area contributed by atoms with Crippen LogP contribution in [0.1, 0.15) is 26.0 Å². The molecular formula is C19H25N3O4. The van der Waals surface area contributed by atoms with Gasteiger partial charge in [0.1, 0.15) is 17.6 Å². The molecule has 2 amide bonds. The Kier molecular flexibility index (Phi) is 4.14. The molecule has 4 heterocycles. The van der Waals surface area contributed by atoms with Gasteiger partial charge in [-0.2, -0.15) is 0 Å². The molecule has 0 saturated carbocycles. The van der Waals surface area contributed by atoms with Gasteiger partial charge in [0.15, 0.2) is 0 Å². The standard InChI is InChI=1S/C19H25N3O4/c1-12(2)5-8-22-11-19-7-4-14(26-19)15(16(19)18(22)24)17(23)21(3)10-13-6-9-25-20-13/h4,6-7,9,12,14-16H,5,8,10-11H2,1-3H3/t14-,15-,16+,19-/m0/s1. The highest BCUT2D eigenvalue weighted by atomic mass is 16.5. The van der Waals surface area contributed by atoms with E-state index in [4.69, 9.17) is 9.26 Å². The second-order valence-electron chi connectivity index (χ2n) is 8.03. The number of hydrogen-bond donors (Lipinski definition) is 0. The van der Waals surface area contributed by atoms with Gasteiger partial charge < -0.3 is 19.1 Å². The van der Waals surface area contributed by atoms with Crippen molar-refractivity contribution in [1.29, 1.82) is 0 Å². The molecule has 0 unspecified atom stereocenters. The van der Waals surface area contributed by atoms with Crippen molar-refractivity contribution in [2.45, 2.75) is 38.5 Å². The lowest BCUT2D eigenvalue weighted by molar-refractivity contribution is -0.142. The molecule has 1 aromatic heterocycles. The second-order valence-corrected chi connectivity index (χ2v) is 8.03. The molecule has 2 fully saturated rings. The third-order valence-electron chi connectivity index (χ3n) is 5.71. The number of fused-ring (bicyclic) bond motifs is 1. The zero-order valence-electron chi connectivity index (χ0n) is 15.4. The molecule has 140 valence electrons. The van der Waals surface area contributed by atoms with Gasteiger partial charge in [0, 0.05) is 19.7 Å². The van der Waals surface area contributed by atoms with Crippen molar-refractivity contribution in [3.8, 4) is 0 Å².